The highest BCUT2D eigenvalue weighted by atomic mass is 16.5. The molecule has 0 amide bonds. The first-order valence-electron chi connectivity index (χ1n) is 5.11. The van der Waals surface area contributed by atoms with Crippen molar-refractivity contribution in [3.63, 3.8) is 0 Å². The quantitative estimate of drug-likeness (QED) is 0.595. The average molecular weight is 183 g/mol. The first-order valence-corrected chi connectivity index (χ1v) is 5.11. The summed E-state index contributed by atoms with van der Waals surface area (Å²) in [5, 5.41) is 0. The van der Waals surface area contributed by atoms with Gasteiger partial charge in [-0.1, -0.05) is 0 Å². The van der Waals surface area contributed by atoms with E-state index in [-0.39, 0.29) is 5.97 Å². The molecule has 3 rings (SSSR count). The van der Waals surface area contributed by atoms with Gasteiger partial charge in [0.1, 0.15) is 0 Å². The number of piperidine rings is 3. The molecule has 0 aliphatic carbocycles. The molecule has 3 heterocycles. The topological polar surface area (TPSA) is 29.5 Å². The zero-order chi connectivity index (χ0) is 9.26. The SMILES string of the molecule is CC(=O)OCC1CN2CCC1CC2. The van der Waals surface area contributed by atoms with E-state index in [1.54, 1.807) is 0 Å². The molecule has 0 N–H and O–H groups in total. The Morgan fingerprint density at radius 1 is 1.46 bits per heavy atom. The number of hydrogen-bond donors (Lipinski definition) is 0. The molecule has 13 heavy (non-hydrogen) atoms. The highest BCUT2D eigenvalue weighted by molar-refractivity contribution is 5.65. The zero-order valence-electron chi connectivity index (χ0n) is 8.16. The van der Waals surface area contributed by atoms with E-state index in [1.807, 2.05) is 0 Å². The van der Waals surface area contributed by atoms with Crippen LogP contribution >= 0.6 is 0 Å². The van der Waals surface area contributed by atoms with E-state index >= 15 is 0 Å². The van der Waals surface area contributed by atoms with Gasteiger partial charge in [0.25, 0.3) is 0 Å². The van der Waals surface area contributed by atoms with Gasteiger partial charge in [0.2, 0.25) is 0 Å². The third kappa shape index (κ3) is 2.02. The summed E-state index contributed by atoms with van der Waals surface area (Å²) < 4.78 is 5.07. The van der Waals surface area contributed by atoms with Crippen LogP contribution < -0.4 is 0 Å². The van der Waals surface area contributed by atoms with E-state index in [0.29, 0.717) is 12.5 Å². The Balaban J connectivity index is 1.83. The summed E-state index contributed by atoms with van der Waals surface area (Å²) >= 11 is 0. The smallest absolute Gasteiger partial charge is 0.302 e. The largest absolute Gasteiger partial charge is 0.466 e. The van der Waals surface area contributed by atoms with E-state index in [2.05, 4.69) is 4.90 Å². The minimum Gasteiger partial charge on any atom is -0.466 e. The van der Waals surface area contributed by atoms with E-state index < -0.39 is 0 Å². The maximum Gasteiger partial charge on any atom is 0.302 e. The molecule has 1 unspecified atom stereocenters. The molecule has 2 bridgehead atoms. The van der Waals surface area contributed by atoms with Gasteiger partial charge in [-0.25, -0.2) is 0 Å². The Hall–Kier alpha value is -0.570. The molecule has 3 heteroatoms. The van der Waals surface area contributed by atoms with Crippen molar-refractivity contribution in [2.24, 2.45) is 11.8 Å². The number of ether oxygens (including phenoxy) is 1. The van der Waals surface area contributed by atoms with Crippen molar-refractivity contribution in [1.82, 2.24) is 4.90 Å². The normalized spacial score (nSPS) is 37.5. The second-order valence-corrected chi connectivity index (χ2v) is 4.20. The van der Waals surface area contributed by atoms with Gasteiger partial charge in [-0.05, 0) is 31.8 Å². The Morgan fingerprint density at radius 3 is 2.62 bits per heavy atom. The minimum atomic E-state index is -0.142. The summed E-state index contributed by atoms with van der Waals surface area (Å²) in [5.41, 5.74) is 0. The second-order valence-electron chi connectivity index (χ2n) is 4.20. The van der Waals surface area contributed by atoms with Crippen LogP contribution in [0.25, 0.3) is 0 Å². The van der Waals surface area contributed by atoms with Gasteiger partial charge < -0.3 is 9.64 Å². The lowest BCUT2D eigenvalue weighted by Crippen LogP contribution is -2.48. The number of esters is 1. The number of fused-ring (bicyclic) bond motifs is 3. The predicted molar refractivity (Wildman–Crippen MR) is 49.3 cm³/mol. The molecule has 3 nitrogen and oxygen atoms in total. The zero-order valence-corrected chi connectivity index (χ0v) is 8.16. The number of rotatable bonds is 2. The van der Waals surface area contributed by atoms with Crippen molar-refractivity contribution in [2.45, 2.75) is 19.8 Å². The van der Waals surface area contributed by atoms with Gasteiger partial charge in [-0.2, -0.15) is 0 Å². The lowest BCUT2D eigenvalue weighted by Gasteiger charge is -2.44. The lowest BCUT2D eigenvalue weighted by molar-refractivity contribution is -0.144. The van der Waals surface area contributed by atoms with Crippen LogP contribution in [-0.2, 0) is 9.53 Å². The Labute approximate surface area is 79.0 Å². The molecular formula is C10H17NO2. The maximum atomic E-state index is 10.7. The number of hydrogen-bond acceptors (Lipinski definition) is 3. The number of carbonyl (C=O) groups excluding carboxylic acids is 1. The third-order valence-corrected chi connectivity index (χ3v) is 3.29. The molecule has 3 aliphatic rings. The van der Waals surface area contributed by atoms with Crippen molar-refractivity contribution in [2.75, 3.05) is 26.2 Å². The van der Waals surface area contributed by atoms with Crippen LogP contribution in [0.15, 0.2) is 0 Å². The molecule has 0 aromatic rings. The van der Waals surface area contributed by atoms with Gasteiger partial charge in [-0.3, -0.25) is 4.79 Å². The molecule has 0 aromatic carbocycles. The van der Waals surface area contributed by atoms with Crippen molar-refractivity contribution < 1.29 is 9.53 Å². The van der Waals surface area contributed by atoms with Crippen LogP contribution in [0, 0.1) is 11.8 Å². The van der Waals surface area contributed by atoms with Gasteiger partial charge in [0.15, 0.2) is 0 Å². The van der Waals surface area contributed by atoms with E-state index in [4.69, 9.17) is 4.74 Å². The molecule has 74 valence electrons. The first kappa shape index (κ1) is 9.00. The summed E-state index contributed by atoms with van der Waals surface area (Å²) in [6.07, 6.45) is 2.60. The Morgan fingerprint density at radius 2 is 2.15 bits per heavy atom. The molecule has 0 aromatic heterocycles. The van der Waals surface area contributed by atoms with Gasteiger partial charge in [-0.15, -0.1) is 0 Å². The predicted octanol–water partition coefficient (Wildman–Crippen LogP) is 0.891. The van der Waals surface area contributed by atoms with Crippen LogP contribution in [0.3, 0.4) is 0 Å². The molecule has 0 spiro atoms. The van der Waals surface area contributed by atoms with Gasteiger partial charge in [0, 0.05) is 19.4 Å². The molecule has 0 radical (unpaired) electrons. The fourth-order valence-electron chi connectivity index (χ4n) is 2.50. The van der Waals surface area contributed by atoms with Crippen molar-refractivity contribution >= 4 is 5.97 Å². The second kappa shape index (κ2) is 3.66. The third-order valence-electron chi connectivity index (χ3n) is 3.29. The summed E-state index contributed by atoms with van der Waals surface area (Å²) in [5.74, 6) is 1.27. The van der Waals surface area contributed by atoms with Gasteiger partial charge in [0.05, 0.1) is 6.61 Å². The van der Waals surface area contributed by atoms with Crippen molar-refractivity contribution in [3.05, 3.63) is 0 Å². The highest BCUT2D eigenvalue weighted by Gasteiger charge is 2.34. The molecule has 1 atom stereocenters. The number of nitrogens with zero attached hydrogens (tertiary/aromatic N) is 1. The fourth-order valence-corrected chi connectivity index (χ4v) is 2.50. The highest BCUT2D eigenvalue weighted by Crippen LogP contribution is 2.32. The summed E-state index contributed by atoms with van der Waals surface area (Å²) in [4.78, 5) is 13.1. The van der Waals surface area contributed by atoms with E-state index in [9.17, 15) is 4.79 Å². The molecule has 3 aliphatic heterocycles. The maximum absolute atomic E-state index is 10.7. The van der Waals surface area contributed by atoms with E-state index in [1.165, 1.54) is 32.9 Å². The summed E-state index contributed by atoms with van der Waals surface area (Å²) in [6, 6.07) is 0. The average Bonchev–Trinajstić information content (AvgIpc) is 2.17. The molecule has 3 saturated heterocycles. The van der Waals surface area contributed by atoms with Crippen LogP contribution in [0.1, 0.15) is 19.8 Å². The minimum absolute atomic E-state index is 0.142. The summed E-state index contributed by atoms with van der Waals surface area (Å²) in [7, 11) is 0. The molecule has 0 saturated carbocycles. The first-order chi connectivity index (χ1) is 6.25. The van der Waals surface area contributed by atoms with Crippen LogP contribution in [0.4, 0.5) is 0 Å². The Bertz CT molecular complexity index is 197. The monoisotopic (exact) mass is 183 g/mol. The van der Waals surface area contributed by atoms with E-state index in [0.717, 1.165) is 12.5 Å². The standard InChI is InChI=1S/C10H17NO2/c1-8(12)13-7-10-6-11-4-2-9(10)3-5-11/h9-10H,2-7H2,1H3. The molecule has 3 fully saturated rings. The van der Waals surface area contributed by atoms with Crippen LogP contribution in [-0.4, -0.2) is 37.1 Å². The fraction of sp³-hybridized carbons (Fsp3) is 0.900. The number of carbonyl (C=O) groups is 1. The summed E-state index contributed by atoms with van der Waals surface area (Å²) in [6.45, 7) is 5.76. The van der Waals surface area contributed by atoms with Crippen molar-refractivity contribution in [1.29, 1.82) is 0 Å². The molecular weight excluding hydrogens is 166 g/mol. The van der Waals surface area contributed by atoms with Crippen LogP contribution in [0.5, 0.6) is 0 Å². The van der Waals surface area contributed by atoms with Crippen molar-refractivity contribution in [3.8, 4) is 0 Å². The Kier molecular flexibility index (Phi) is 2.54. The lowest BCUT2D eigenvalue weighted by atomic mass is 9.79. The van der Waals surface area contributed by atoms with Gasteiger partial charge >= 0.3 is 5.97 Å². The van der Waals surface area contributed by atoms with Crippen LogP contribution in [0.2, 0.25) is 0 Å².